The van der Waals surface area contributed by atoms with Crippen LogP contribution in [0.25, 0.3) is 0 Å². The van der Waals surface area contributed by atoms with Gasteiger partial charge in [-0.1, -0.05) is 24.3 Å². The molecule has 0 saturated carbocycles. The molecule has 8 nitrogen and oxygen atoms in total. The molecule has 3 N–H and O–H groups in total. The van der Waals surface area contributed by atoms with Gasteiger partial charge in [0, 0.05) is 12.6 Å². The van der Waals surface area contributed by atoms with Crippen molar-refractivity contribution < 1.29 is 18.0 Å². The fraction of sp³-hybridized carbons (Fsp3) is 0.118. The lowest BCUT2D eigenvalue weighted by molar-refractivity contribution is -0.114. The number of benzene rings is 2. The number of nitrogens with one attached hydrogen (secondary N) is 3. The van der Waals surface area contributed by atoms with Crippen molar-refractivity contribution in [3.05, 3.63) is 59.7 Å². The Morgan fingerprint density at radius 3 is 2.54 bits per heavy atom. The van der Waals surface area contributed by atoms with E-state index >= 15 is 0 Å². The number of amides is 2. The molecule has 0 radical (unpaired) electrons. The molecule has 0 bridgehead atoms. The molecule has 0 unspecified atom stereocenters. The fourth-order valence-corrected chi connectivity index (χ4v) is 3.77. The number of carbonyl (C=O) groups is 2. The van der Waals surface area contributed by atoms with Gasteiger partial charge in [-0.3, -0.25) is 19.3 Å². The summed E-state index contributed by atoms with van der Waals surface area (Å²) in [4.78, 5) is 28.2. The van der Waals surface area contributed by atoms with Crippen LogP contribution >= 0.6 is 0 Å². The van der Waals surface area contributed by atoms with E-state index in [1.807, 2.05) is 0 Å². The quantitative estimate of drug-likeness (QED) is 0.733. The average Bonchev–Trinajstić information content (AvgIpc) is 2.91. The van der Waals surface area contributed by atoms with Gasteiger partial charge in [-0.25, -0.2) is 8.42 Å². The normalized spacial score (nSPS) is 15.8. The van der Waals surface area contributed by atoms with Gasteiger partial charge < -0.3 is 10.6 Å². The zero-order valence-electron chi connectivity index (χ0n) is 13.8. The first-order valence-electron chi connectivity index (χ1n) is 7.70. The van der Waals surface area contributed by atoms with E-state index in [2.05, 4.69) is 20.3 Å². The first-order chi connectivity index (χ1) is 12.4. The van der Waals surface area contributed by atoms with Crippen LogP contribution in [0.15, 0.2) is 58.4 Å². The van der Waals surface area contributed by atoms with Gasteiger partial charge in [0.1, 0.15) is 12.4 Å². The Hall–Kier alpha value is -3.20. The number of hydrogen-bond donors (Lipinski definition) is 3. The van der Waals surface area contributed by atoms with Crippen molar-refractivity contribution in [2.75, 3.05) is 18.9 Å². The summed E-state index contributed by atoms with van der Waals surface area (Å²) >= 11 is 0. The highest BCUT2D eigenvalue weighted by Crippen LogP contribution is 2.22. The number of hydrogen-bond acceptors (Lipinski definition) is 5. The number of anilines is 1. The molecule has 2 aromatic rings. The molecule has 1 heterocycles. The molecular formula is C17H16N4O4S. The monoisotopic (exact) mass is 372 g/mol. The smallest absolute Gasteiger partial charge is 0.263 e. The van der Waals surface area contributed by atoms with Crippen molar-refractivity contribution in [2.24, 2.45) is 4.99 Å². The predicted molar refractivity (Wildman–Crippen MR) is 96.6 cm³/mol. The Morgan fingerprint density at radius 1 is 1.08 bits per heavy atom. The Kier molecular flexibility index (Phi) is 4.72. The summed E-state index contributed by atoms with van der Waals surface area (Å²) < 4.78 is 26.4. The lowest BCUT2D eigenvalue weighted by Crippen LogP contribution is -2.25. The van der Waals surface area contributed by atoms with E-state index in [-0.39, 0.29) is 23.2 Å². The van der Waals surface area contributed by atoms with Crippen LogP contribution in [0.3, 0.4) is 0 Å². The lowest BCUT2D eigenvalue weighted by Gasteiger charge is -2.09. The van der Waals surface area contributed by atoms with Crippen LogP contribution < -0.4 is 15.4 Å². The van der Waals surface area contributed by atoms with Gasteiger partial charge in [0.15, 0.2) is 0 Å². The first-order valence-corrected chi connectivity index (χ1v) is 9.18. The maximum absolute atomic E-state index is 12.2. The maximum atomic E-state index is 12.2. The summed E-state index contributed by atoms with van der Waals surface area (Å²) in [6.07, 6.45) is 0. The molecule has 0 saturated heterocycles. The van der Waals surface area contributed by atoms with Crippen LogP contribution in [0.4, 0.5) is 5.69 Å². The maximum Gasteiger partial charge on any atom is 0.263 e. The first kappa shape index (κ1) is 17.6. The largest absolute Gasteiger partial charge is 0.355 e. The summed E-state index contributed by atoms with van der Waals surface area (Å²) in [5.74, 6) is -0.683. The number of nitrogens with zero attached hydrogens (tertiary/aromatic N) is 1. The van der Waals surface area contributed by atoms with E-state index in [0.717, 1.165) is 0 Å². The summed E-state index contributed by atoms with van der Waals surface area (Å²) in [6, 6.07) is 13.0. The minimum Gasteiger partial charge on any atom is -0.355 e. The minimum absolute atomic E-state index is 0.121. The lowest BCUT2D eigenvalue weighted by atomic mass is 10.1. The van der Waals surface area contributed by atoms with Crippen molar-refractivity contribution in [3.8, 4) is 0 Å². The van der Waals surface area contributed by atoms with Gasteiger partial charge in [0.05, 0.1) is 16.1 Å². The van der Waals surface area contributed by atoms with Crippen molar-refractivity contribution >= 4 is 33.4 Å². The summed E-state index contributed by atoms with van der Waals surface area (Å²) in [7, 11) is -2.15. The van der Waals surface area contributed by atoms with Gasteiger partial charge >= 0.3 is 0 Å². The second-order valence-electron chi connectivity index (χ2n) is 5.44. The van der Waals surface area contributed by atoms with Crippen molar-refractivity contribution in [1.82, 2.24) is 10.0 Å². The fourth-order valence-electron chi connectivity index (χ4n) is 2.52. The second-order valence-corrected chi connectivity index (χ2v) is 7.09. The molecule has 134 valence electrons. The molecule has 1 aliphatic heterocycles. The van der Waals surface area contributed by atoms with Crippen molar-refractivity contribution in [2.45, 2.75) is 4.90 Å². The molecule has 0 aliphatic carbocycles. The topological polar surface area (TPSA) is 117 Å². The van der Waals surface area contributed by atoms with Crippen molar-refractivity contribution in [3.63, 3.8) is 0 Å². The number of para-hydroxylation sites is 1. The van der Waals surface area contributed by atoms with Crippen molar-refractivity contribution in [1.29, 1.82) is 0 Å². The zero-order valence-corrected chi connectivity index (χ0v) is 14.6. The molecule has 9 heteroatoms. The number of amidine groups is 1. The van der Waals surface area contributed by atoms with E-state index in [9.17, 15) is 18.0 Å². The van der Waals surface area contributed by atoms with Crippen LogP contribution in [0.2, 0.25) is 0 Å². The Morgan fingerprint density at radius 2 is 1.77 bits per heavy atom. The van der Waals surface area contributed by atoms with Crippen LogP contribution in [-0.4, -0.2) is 39.7 Å². The van der Waals surface area contributed by atoms with Crippen LogP contribution in [-0.2, 0) is 14.8 Å². The molecule has 1 aliphatic rings. The van der Waals surface area contributed by atoms with E-state index < -0.39 is 15.9 Å². The van der Waals surface area contributed by atoms with Gasteiger partial charge in [-0.05, 0) is 24.3 Å². The highest BCUT2D eigenvalue weighted by molar-refractivity contribution is 7.90. The molecule has 2 aromatic carbocycles. The van der Waals surface area contributed by atoms with Crippen LogP contribution in [0.1, 0.15) is 15.9 Å². The van der Waals surface area contributed by atoms with Gasteiger partial charge in [0.2, 0.25) is 5.91 Å². The third kappa shape index (κ3) is 3.42. The molecule has 0 fully saturated rings. The Bertz CT molecular complexity index is 1010. The summed E-state index contributed by atoms with van der Waals surface area (Å²) in [5.41, 5.74) is 1.10. The number of aliphatic imine (C=N–C) groups is 1. The molecular weight excluding hydrogens is 356 g/mol. The second kappa shape index (κ2) is 6.96. The molecule has 2 amide bonds. The SMILES string of the molecule is CNC(=O)c1ccccc1NC(=O)CN=C1NS(=O)(=O)c2ccccc21. The van der Waals surface area contributed by atoms with Gasteiger partial charge in [-0.15, -0.1) is 0 Å². The van der Waals surface area contributed by atoms with E-state index in [4.69, 9.17) is 0 Å². The average molecular weight is 372 g/mol. The Labute approximate surface area is 150 Å². The molecule has 26 heavy (non-hydrogen) atoms. The van der Waals surface area contributed by atoms with Gasteiger partial charge in [0.25, 0.3) is 15.9 Å². The Balaban J connectivity index is 1.77. The highest BCUT2D eigenvalue weighted by atomic mass is 32.2. The number of carbonyl (C=O) groups excluding carboxylic acids is 2. The van der Waals surface area contributed by atoms with E-state index in [1.165, 1.54) is 13.1 Å². The number of rotatable bonds is 4. The third-order valence-electron chi connectivity index (χ3n) is 3.72. The van der Waals surface area contributed by atoms with E-state index in [0.29, 0.717) is 16.8 Å². The van der Waals surface area contributed by atoms with E-state index in [1.54, 1.807) is 42.5 Å². The van der Waals surface area contributed by atoms with Crippen LogP contribution in [0.5, 0.6) is 0 Å². The summed E-state index contributed by atoms with van der Waals surface area (Å²) in [5, 5.41) is 5.11. The molecule has 0 atom stereocenters. The van der Waals surface area contributed by atoms with Gasteiger partial charge in [-0.2, -0.15) is 0 Å². The predicted octanol–water partition coefficient (Wildman–Crippen LogP) is 0.723. The molecule has 3 rings (SSSR count). The number of sulfonamides is 1. The number of fused-ring (bicyclic) bond motifs is 1. The van der Waals surface area contributed by atoms with Crippen LogP contribution in [0, 0.1) is 0 Å². The molecule has 0 spiro atoms. The standard InChI is InChI=1S/C17H16N4O4S/c1-18-17(23)11-6-2-4-8-13(11)20-15(22)10-19-16-12-7-3-5-9-14(12)26(24,25)21-16/h2-9H,10H2,1H3,(H,18,23)(H,19,21)(H,20,22). The summed E-state index contributed by atoms with van der Waals surface area (Å²) in [6.45, 7) is -0.297. The third-order valence-corrected chi connectivity index (χ3v) is 5.11. The molecule has 0 aromatic heterocycles. The highest BCUT2D eigenvalue weighted by Gasteiger charge is 2.30. The minimum atomic E-state index is -3.65. The zero-order chi connectivity index (χ0) is 18.7.